The number of nitrogens with one attached hydrogen (secondary N) is 1. The van der Waals surface area contributed by atoms with Crippen LogP contribution in [-0.4, -0.2) is 5.91 Å². The maximum atomic E-state index is 12.0. The largest absolute Gasteiger partial charge is 0.320 e. The van der Waals surface area contributed by atoms with Gasteiger partial charge in [-0.05, 0) is 37.5 Å². The fraction of sp³-hybridized carbons (Fsp3) is 0.250. The number of aryl methyl sites for hydroxylation is 3. The molecule has 1 amide bonds. The van der Waals surface area contributed by atoms with E-state index in [4.69, 9.17) is 0 Å². The van der Waals surface area contributed by atoms with Crippen LogP contribution in [0.15, 0.2) is 42.7 Å². The second-order valence-electron chi connectivity index (χ2n) is 4.86. The number of amides is 1. The summed E-state index contributed by atoms with van der Waals surface area (Å²) in [7, 11) is 0. The van der Waals surface area contributed by atoms with Crippen LogP contribution in [0.2, 0.25) is 0 Å². The van der Waals surface area contributed by atoms with Gasteiger partial charge >= 0.3 is 0 Å². The lowest BCUT2D eigenvalue weighted by molar-refractivity contribution is -0.684. The number of aromatic nitrogens is 1. The van der Waals surface area contributed by atoms with E-state index >= 15 is 0 Å². The predicted molar refractivity (Wildman–Crippen MR) is 75.9 cm³/mol. The van der Waals surface area contributed by atoms with Crippen LogP contribution in [0.25, 0.3) is 0 Å². The molecule has 0 atom stereocenters. The van der Waals surface area contributed by atoms with E-state index in [9.17, 15) is 4.79 Å². The van der Waals surface area contributed by atoms with Crippen molar-refractivity contribution in [2.75, 3.05) is 5.32 Å². The number of anilines is 1. The van der Waals surface area contributed by atoms with Gasteiger partial charge in [0, 0.05) is 17.8 Å². The van der Waals surface area contributed by atoms with Gasteiger partial charge in [-0.15, -0.1) is 0 Å². The second-order valence-corrected chi connectivity index (χ2v) is 4.86. The highest BCUT2D eigenvalue weighted by atomic mass is 16.1. The normalized spacial score (nSPS) is 10.3. The number of benzene rings is 1. The lowest BCUT2D eigenvalue weighted by Gasteiger charge is -2.10. The fourth-order valence-corrected chi connectivity index (χ4v) is 1.99. The van der Waals surface area contributed by atoms with Crippen LogP contribution in [-0.2, 0) is 11.3 Å². The van der Waals surface area contributed by atoms with Crippen molar-refractivity contribution in [1.29, 1.82) is 0 Å². The zero-order chi connectivity index (χ0) is 13.8. The summed E-state index contributed by atoms with van der Waals surface area (Å²) in [5.74, 6) is -0.00810. The molecule has 0 aliphatic carbocycles. The third-order valence-electron chi connectivity index (χ3n) is 3.13. The molecule has 3 heteroatoms. The Morgan fingerprint density at radius 3 is 2.21 bits per heavy atom. The molecule has 0 spiro atoms. The predicted octanol–water partition coefficient (Wildman–Crippen LogP) is 2.54. The molecule has 3 nitrogen and oxygen atoms in total. The molecule has 1 aromatic heterocycles. The van der Waals surface area contributed by atoms with Crippen molar-refractivity contribution >= 4 is 11.6 Å². The first-order chi connectivity index (χ1) is 9.06. The minimum absolute atomic E-state index is 0.00810. The summed E-state index contributed by atoms with van der Waals surface area (Å²) in [5.41, 5.74) is 4.27. The molecule has 0 fully saturated rings. The zero-order valence-electron chi connectivity index (χ0n) is 11.6. The SMILES string of the molecule is Cc1cc[n+](CC(=O)Nc2c(C)cccc2C)cc1. The number of carbonyl (C=O) groups excluding carboxylic acids is 1. The van der Waals surface area contributed by atoms with Crippen molar-refractivity contribution < 1.29 is 9.36 Å². The highest BCUT2D eigenvalue weighted by Gasteiger charge is 2.11. The first-order valence-electron chi connectivity index (χ1n) is 6.38. The minimum Gasteiger partial charge on any atom is -0.320 e. The van der Waals surface area contributed by atoms with Crippen molar-refractivity contribution in [3.8, 4) is 0 Å². The highest BCUT2D eigenvalue weighted by Crippen LogP contribution is 2.19. The molecule has 0 bridgehead atoms. The molecular formula is C16H19N2O+. The smallest absolute Gasteiger partial charge is 0.290 e. The summed E-state index contributed by atoms with van der Waals surface area (Å²) < 4.78 is 1.87. The van der Waals surface area contributed by atoms with Gasteiger partial charge in [-0.1, -0.05) is 18.2 Å². The number of pyridine rings is 1. The monoisotopic (exact) mass is 255 g/mol. The van der Waals surface area contributed by atoms with E-state index in [0.29, 0.717) is 6.54 Å². The van der Waals surface area contributed by atoms with Crippen LogP contribution < -0.4 is 9.88 Å². The van der Waals surface area contributed by atoms with Gasteiger partial charge in [-0.25, -0.2) is 0 Å². The number of nitrogens with zero attached hydrogens (tertiary/aromatic N) is 1. The van der Waals surface area contributed by atoms with Gasteiger partial charge in [-0.2, -0.15) is 4.57 Å². The van der Waals surface area contributed by atoms with Crippen molar-refractivity contribution in [2.45, 2.75) is 27.3 Å². The van der Waals surface area contributed by atoms with Gasteiger partial charge in [0.05, 0.1) is 0 Å². The van der Waals surface area contributed by atoms with E-state index in [1.807, 2.05) is 68.1 Å². The third kappa shape index (κ3) is 3.41. The number of para-hydroxylation sites is 1. The van der Waals surface area contributed by atoms with Crippen molar-refractivity contribution in [3.05, 3.63) is 59.4 Å². The van der Waals surface area contributed by atoms with E-state index in [1.165, 1.54) is 5.56 Å². The molecule has 0 saturated heterocycles. The zero-order valence-corrected chi connectivity index (χ0v) is 11.6. The molecule has 2 aromatic rings. The van der Waals surface area contributed by atoms with E-state index in [1.54, 1.807) is 0 Å². The quantitative estimate of drug-likeness (QED) is 0.840. The second kappa shape index (κ2) is 5.65. The fourth-order valence-electron chi connectivity index (χ4n) is 1.99. The first kappa shape index (κ1) is 13.3. The van der Waals surface area contributed by atoms with Crippen LogP contribution in [0.5, 0.6) is 0 Å². The molecule has 98 valence electrons. The highest BCUT2D eigenvalue weighted by molar-refractivity contribution is 5.91. The van der Waals surface area contributed by atoms with Gasteiger partial charge < -0.3 is 5.32 Å². The van der Waals surface area contributed by atoms with Gasteiger partial charge in [-0.3, -0.25) is 4.79 Å². The number of hydrogen-bond donors (Lipinski definition) is 1. The van der Waals surface area contributed by atoms with Gasteiger partial charge in [0.2, 0.25) is 6.54 Å². The average molecular weight is 255 g/mol. The van der Waals surface area contributed by atoms with Crippen molar-refractivity contribution in [1.82, 2.24) is 0 Å². The first-order valence-corrected chi connectivity index (χ1v) is 6.38. The summed E-state index contributed by atoms with van der Waals surface area (Å²) in [5, 5.41) is 2.98. The number of carbonyl (C=O) groups is 1. The summed E-state index contributed by atoms with van der Waals surface area (Å²) in [6.07, 6.45) is 3.83. The lowest BCUT2D eigenvalue weighted by Crippen LogP contribution is -2.39. The number of rotatable bonds is 3. The molecule has 1 aromatic carbocycles. The molecular weight excluding hydrogens is 236 g/mol. The van der Waals surface area contributed by atoms with Crippen LogP contribution in [0.3, 0.4) is 0 Å². The maximum absolute atomic E-state index is 12.0. The molecule has 0 unspecified atom stereocenters. The van der Waals surface area contributed by atoms with Crippen LogP contribution >= 0.6 is 0 Å². The standard InChI is InChI=1S/C16H18N2O/c1-12-7-9-18(10-8-12)11-15(19)17-16-13(2)5-4-6-14(16)3/h4-10H,11H2,1-3H3/p+1. The van der Waals surface area contributed by atoms with Gasteiger partial charge in [0.1, 0.15) is 0 Å². The van der Waals surface area contributed by atoms with Crippen LogP contribution in [0.4, 0.5) is 5.69 Å². The molecule has 19 heavy (non-hydrogen) atoms. The van der Waals surface area contributed by atoms with E-state index < -0.39 is 0 Å². The topological polar surface area (TPSA) is 33.0 Å². The minimum atomic E-state index is -0.00810. The number of hydrogen-bond acceptors (Lipinski definition) is 1. The van der Waals surface area contributed by atoms with E-state index in [-0.39, 0.29) is 5.91 Å². The Labute approximate surface area is 113 Å². The van der Waals surface area contributed by atoms with Gasteiger partial charge in [0.25, 0.3) is 5.91 Å². The summed E-state index contributed by atoms with van der Waals surface area (Å²) in [6.45, 7) is 6.36. The Balaban J connectivity index is 2.07. The molecule has 1 N–H and O–H groups in total. The Morgan fingerprint density at radius 1 is 1.05 bits per heavy atom. The van der Waals surface area contributed by atoms with Crippen molar-refractivity contribution in [2.24, 2.45) is 0 Å². The summed E-state index contributed by atoms with van der Waals surface area (Å²) in [6, 6.07) is 9.98. The van der Waals surface area contributed by atoms with Crippen LogP contribution in [0, 0.1) is 20.8 Å². The molecule has 0 saturated carbocycles. The Hall–Kier alpha value is -2.16. The Morgan fingerprint density at radius 2 is 1.63 bits per heavy atom. The maximum Gasteiger partial charge on any atom is 0.290 e. The Bertz CT molecular complexity index is 568. The van der Waals surface area contributed by atoms with E-state index in [0.717, 1.165) is 16.8 Å². The Kier molecular flexibility index (Phi) is 3.95. The molecule has 1 heterocycles. The van der Waals surface area contributed by atoms with E-state index in [2.05, 4.69) is 5.32 Å². The summed E-state index contributed by atoms with van der Waals surface area (Å²) >= 11 is 0. The molecule has 0 aliphatic heterocycles. The summed E-state index contributed by atoms with van der Waals surface area (Å²) in [4.78, 5) is 12.0. The average Bonchev–Trinajstić information content (AvgIpc) is 2.37. The molecule has 2 rings (SSSR count). The lowest BCUT2D eigenvalue weighted by atomic mass is 10.1. The van der Waals surface area contributed by atoms with Gasteiger partial charge in [0.15, 0.2) is 12.4 Å². The molecule has 0 radical (unpaired) electrons. The third-order valence-corrected chi connectivity index (χ3v) is 3.13. The van der Waals surface area contributed by atoms with Crippen molar-refractivity contribution in [3.63, 3.8) is 0 Å². The van der Waals surface area contributed by atoms with Crippen LogP contribution in [0.1, 0.15) is 16.7 Å². The molecule has 0 aliphatic rings.